The molecule has 0 saturated carbocycles. The summed E-state index contributed by atoms with van der Waals surface area (Å²) in [6, 6.07) is -0.526. The van der Waals surface area contributed by atoms with E-state index >= 15 is 0 Å². The number of rotatable bonds is 32. The van der Waals surface area contributed by atoms with Gasteiger partial charge >= 0.3 is 0 Å². The Morgan fingerprint density at radius 3 is 1.35 bits per heavy atom. The van der Waals surface area contributed by atoms with Crippen molar-refractivity contribution in [3.8, 4) is 0 Å². The van der Waals surface area contributed by atoms with Crippen molar-refractivity contribution in [2.75, 3.05) is 13.1 Å². The Labute approximate surface area is 272 Å². The molecule has 0 spiro atoms. The van der Waals surface area contributed by atoms with Gasteiger partial charge in [-0.3, -0.25) is 15.0 Å². The van der Waals surface area contributed by atoms with Crippen molar-refractivity contribution in [3.63, 3.8) is 0 Å². The van der Waals surface area contributed by atoms with E-state index in [2.05, 4.69) is 29.8 Å². The van der Waals surface area contributed by atoms with Crippen LogP contribution in [0.2, 0.25) is 0 Å². The van der Waals surface area contributed by atoms with Gasteiger partial charge in [-0.15, -0.1) is 12.4 Å². The number of carbonyl (C=O) groups is 2. The lowest BCUT2D eigenvalue weighted by Gasteiger charge is -2.19. The van der Waals surface area contributed by atoms with Gasteiger partial charge in [0.25, 0.3) is 0 Å². The van der Waals surface area contributed by atoms with E-state index in [9.17, 15) is 9.59 Å². The van der Waals surface area contributed by atoms with E-state index in [0.29, 0.717) is 32.4 Å². The lowest BCUT2D eigenvalue weighted by Crippen LogP contribution is -2.47. The lowest BCUT2D eigenvalue weighted by molar-refractivity contribution is -0.129. The summed E-state index contributed by atoms with van der Waals surface area (Å²) in [5.41, 5.74) is 5.35. The fourth-order valence-electron chi connectivity index (χ4n) is 5.49. The van der Waals surface area contributed by atoms with Gasteiger partial charge in [-0.2, -0.15) is 0 Å². The lowest BCUT2D eigenvalue weighted by atomic mass is 10.0. The van der Waals surface area contributed by atoms with Gasteiger partial charge in [0.05, 0.1) is 0 Å². The first kappa shape index (κ1) is 43.6. The van der Waals surface area contributed by atoms with Gasteiger partial charge in [-0.25, -0.2) is 0 Å². The molecule has 7 nitrogen and oxygen atoms in total. The fourth-order valence-corrected chi connectivity index (χ4v) is 5.49. The molecule has 0 aromatic heterocycles. The van der Waals surface area contributed by atoms with Gasteiger partial charge < -0.3 is 21.7 Å². The number of halogens is 1. The van der Waals surface area contributed by atoms with E-state index in [4.69, 9.17) is 11.1 Å². The number of hydrogen-bond donors (Lipinski definition) is 5. The van der Waals surface area contributed by atoms with E-state index in [1.807, 2.05) is 0 Å². The van der Waals surface area contributed by atoms with Crippen molar-refractivity contribution in [1.29, 1.82) is 5.41 Å². The number of carbonyl (C=O) groups excluding carboxylic acids is 2. The molecule has 0 aliphatic heterocycles. The maximum atomic E-state index is 12.7. The Morgan fingerprint density at radius 1 is 0.558 bits per heavy atom. The first-order valence-electron chi connectivity index (χ1n) is 18.2. The van der Waals surface area contributed by atoms with Crippen LogP contribution in [0.15, 0.2) is 0 Å². The van der Waals surface area contributed by atoms with Gasteiger partial charge in [-0.1, -0.05) is 155 Å². The molecule has 0 radical (unpaired) electrons. The first-order chi connectivity index (χ1) is 20.5. The van der Waals surface area contributed by atoms with Gasteiger partial charge in [0.1, 0.15) is 6.04 Å². The van der Waals surface area contributed by atoms with E-state index in [1.54, 1.807) is 0 Å². The smallest absolute Gasteiger partial charge is 0.242 e. The maximum absolute atomic E-state index is 12.7. The van der Waals surface area contributed by atoms with E-state index in [0.717, 1.165) is 25.7 Å². The largest absolute Gasteiger partial charge is 0.370 e. The fraction of sp³-hybridized carbons (Fsp3) is 0.914. The quantitative estimate of drug-likeness (QED) is 0.0289. The molecule has 0 aromatic rings. The second kappa shape index (κ2) is 35.0. The molecule has 256 valence electrons. The summed E-state index contributed by atoms with van der Waals surface area (Å²) >= 11 is 0. The molecule has 6 N–H and O–H groups in total. The third-order valence-corrected chi connectivity index (χ3v) is 8.22. The third-order valence-electron chi connectivity index (χ3n) is 8.22. The van der Waals surface area contributed by atoms with Gasteiger partial charge in [0, 0.05) is 19.5 Å². The van der Waals surface area contributed by atoms with E-state index < -0.39 is 6.04 Å². The minimum absolute atomic E-state index is 0. The van der Waals surface area contributed by atoms with Crippen LogP contribution in [-0.2, 0) is 9.59 Å². The van der Waals surface area contributed by atoms with Crippen molar-refractivity contribution < 1.29 is 9.59 Å². The molecule has 1 atom stereocenters. The number of amides is 2. The predicted molar refractivity (Wildman–Crippen MR) is 188 cm³/mol. The average molecular weight is 630 g/mol. The minimum Gasteiger partial charge on any atom is -0.370 e. The molecular formula is C35H72ClN5O2. The van der Waals surface area contributed by atoms with Crippen LogP contribution in [0, 0.1) is 5.41 Å². The van der Waals surface area contributed by atoms with Crippen LogP contribution in [0.3, 0.4) is 0 Å². The summed E-state index contributed by atoms with van der Waals surface area (Å²) in [6.45, 7) is 5.65. The van der Waals surface area contributed by atoms with Crippen LogP contribution in [0.4, 0.5) is 0 Å². The number of nitrogens with one attached hydrogen (secondary N) is 4. The van der Waals surface area contributed by atoms with Gasteiger partial charge in [-0.05, 0) is 25.7 Å². The maximum Gasteiger partial charge on any atom is 0.242 e. The number of nitrogens with two attached hydrogens (primary N) is 1. The van der Waals surface area contributed by atoms with Crippen LogP contribution in [0.1, 0.15) is 187 Å². The molecule has 0 saturated heterocycles. The highest BCUT2D eigenvalue weighted by molar-refractivity contribution is 5.87. The highest BCUT2D eigenvalue weighted by Crippen LogP contribution is 2.15. The topological polar surface area (TPSA) is 120 Å². The second-order valence-corrected chi connectivity index (χ2v) is 12.4. The summed E-state index contributed by atoms with van der Waals surface area (Å²) in [6.07, 6.45) is 32.8. The standard InChI is InChI=1S/C35H71N5O2.ClH/c1-3-5-7-9-10-11-12-13-14-15-16-17-18-19-20-21-22-23-25-29-33(41)40-32(28-27-31-39-35(36)37)34(42)38-30-26-24-8-6-4-2;/h32H,3-31H2,1-2H3,(H,38,42)(H,40,41)(H4,36,37,39);1H/t32-;/m0./s1. The van der Waals surface area contributed by atoms with Crippen molar-refractivity contribution in [1.82, 2.24) is 16.0 Å². The summed E-state index contributed by atoms with van der Waals surface area (Å²) in [4.78, 5) is 25.3. The van der Waals surface area contributed by atoms with E-state index in [1.165, 1.54) is 128 Å². The van der Waals surface area contributed by atoms with Crippen molar-refractivity contribution in [2.24, 2.45) is 5.73 Å². The zero-order valence-corrected chi connectivity index (χ0v) is 29.2. The second-order valence-electron chi connectivity index (χ2n) is 12.4. The molecule has 0 rings (SSSR count). The highest BCUT2D eigenvalue weighted by atomic mass is 35.5. The number of guanidine groups is 1. The summed E-state index contributed by atoms with van der Waals surface area (Å²) in [5, 5.41) is 16.0. The SMILES string of the molecule is CCCCCCCCCCCCCCCCCCCCCC(=O)N[C@@H](CCCNC(=N)N)C(=O)NCCCCCCC.Cl. The molecule has 43 heavy (non-hydrogen) atoms. The third kappa shape index (κ3) is 33.2. The molecule has 0 fully saturated rings. The molecule has 8 heteroatoms. The van der Waals surface area contributed by atoms with Crippen LogP contribution in [-0.4, -0.2) is 36.9 Å². The molecule has 2 amide bonds. The molecule has 0 aliphatic carbocycles. The van der Waals surface area contributed by atoms with E-state index in [-0.39, 0.29) is 30.2 Å². The Morgan fingerprint density at radius 2 is 0.930 bits per heavy atom. The molecule has 0 bridgehead atoms. The van der Waals surface area contributed by atoms with Gasteiger partial charge in [0.2, 0.25) is 11.8 Å². The summed E-state index contributed by atoms with van der Waals surface area (Å²) in [5.74, 6) is -0.212. The monoisotopic (exact) mass is 630 g/mol. The van der Waals surface area contributed by atoms with Crippen LogP contribution in [0.25, 0.3) is 0 Å². The Bertz CT molecular complexity index is 635. The first-order valence-corrected chi connectivity index (χ1v) is 18.2. The van der Waals surface area contributed by atoms with Crippen molar-refractivity contribution in [2.45, 2.75) is 193 Å². The van der Waals surface area contributed by atoms with Gasteiger partial charge in [0.15, 0.2) is 5.96 Å². The average Bonchev–Trinajstić information content (AvgIpc) is 2.97. The zero-order valence-electron chi connectivity index (χ0n) is 28.4. The number of unbranched alkanes of at least 4 members (excludes halogenated alkanes) is 22. The number of hydrogen-bond acceptors (Lipinski definition) is 3. The summed E-state index contributed by atoms with van der Waals surface area (Å²) in [7, 11) is 0. The molecular weight excluding hydrogens is 558 g/mol. The normalized spacial score (nSPS) is 11.5. The Kier molecular flexibility index (Phi) is 35.5. The minimum atomic E-state index is -0.526. The molecule has 0 aliphatic rings. The zero-order chi connectivity index (χ0) is 30.9. The molecule has 0 unspecified atom stereocenters. The Balaban J connectivity index is 0. The predicted octanol–water partition coefficient (Wildman–Crippen LogP) is 9.06. The molecule has 0 aromatic carbocycles. The highest BCUT2D eigenvalue weighted by Gasteiger charge is 2.20. The summed E-state index contributed by atoms with van der Waals surface area (Å²) < 4.78 is 0. The molecule has 0 heterocycles. The van der Waals surface area contributed by atoms with Crippen LogP contribution >= 0.6 is 12.4 Å². The van der Waals surface area contributed by atoms with Crippen LogP contribution in [0.5, 0.6) is 0 Å². The van der Waals surface area contributed by atoms with Crippen molar-refractivity contribution in [3.05, 3.63) is 0 Å². The van der Waals surface area contributed by atoms with Crippen LogP contribution < -0.4 is 21.7 Å². The Hall–Kier alpha value is -1.50. The van der Waals surface area contributed by atoms with Crippen molar-refractivity contribution >= 4 is 30.2 Å².